The fourth-order valence-corrected chi connectivity index (χ4v) is 2.73. The van der Waals surface area contributed by atoms with Gasteiger partial charge in [0.15, 0.2) is 0 Å². The SMILES string of the molecule is Cc1cc(OCC2CN(C(=O)OC(C)(C)C)C2)c(C)cc1Br. The zero-order valence-corrected chi connectivity index (χ0v) is 15.5. The van der Waals surface area contributed by atoms with Gasteiger partial charge in [0.2, 0.25) is 0 Å². The molecule has 1 aromatic carbocycles. The van der Waals surface area contributed by atoms with Crippen molar-refractivity contribution >= 4 is 22.0 Å². The van der Waals surface area contributed by atoms with Crippen molar-refractivity contribution in [3.05, 3.63) is 27.7 Å². The number of amides is 1. The third-order valence-corrected chi connectivity index (χ3v) is 4.39. The van der Waals surface area contributed by atoms with Gasteiger partial charge >= 0.3 is 6.09 Å². The van der Waals surface area contributed by atoms with Gasteiger partial charge in [-0.25, -0.2) is 4.79 Å². The molecule has 2 rings (SSSR count). The van der Waals surface area contributed by atoms with Crippen LogP contribution in [0.25, 0.3) is 0 Å². The quantitative estimate of drug-likeness (QED) is 0.796. The van der Waals surface area contributed by atoms with Gasteiger partial charge < -0.3 is 14.4 Å². The Morgan fingerprint density at radius 2 is 1.91 bits per heavy atom. The summed E-state index contributed by atoms with van der Waals surface area (Å²) in [6.45, 7) is 11.7. The lowest BCUT2D eigenvalue weighted by molar-refractivity contribution is -0.00786. The number of hydrogen-bond acceptors (Lipinski definition) is 3. The minimum atomic E-state index is -0.440. The van der Waals surface area contributed by atoms with Crippen LogP contribution in [0.4, 0.5) is 4.79 Å². The summed E-state index contributed by atoms with van der Waals surface area (Å²) in [6, 6.07) is 4.11. The lowest BCUT2D eigenvalue weighted by Crippen LogP contribution is -2.53. The molecule has 0 saturated carbocycles. The Morgan fingerprint density at radius 3 is 2.50 bits per heavy atom. The Labute approximate surface area is 140 Å². The maximum absolute atomic E-state index is 11.9. The summed E-state index contributed by atoms with van der Waals surface area (Å²) in [5.41, 5.74) is 1.83. The molecule has 0 unspecified atom stereocenters. The van der Waals surface area contributed by atoms with Crippen LogP contribution in [0.15, 0.2) is 16.6 Å². The number of ether oxygens (including phenoxy) is 2. The fourth-order valence-electron chi connectivity index (χ4n) is 2.27. The summed E-state index contributed by atoms with van der Waals surface area (Å²) in [5, 5.41) is 0. The number of carbonyl (C=O) groups is 1. The molecule has 0 aromatic heterocycles. The molecule has 1 fully saturated rings. The molecule has 1 aromatic rings. The standard InChI is InChI=1S/C17H24BrNO3/c1-11-7-15(12(2)6-14(11)18)21-10-13-8-19(9-13)16(20)22-17(3,4)5/h6-7,13H,8-10H2,1-5H3. The van der Waals surface area contributed by atoms with Gasteiger partial charge in [-0.05, 0) is 57.9 Å². The van der Waals surface area contributed by atoms with E-state index in [4.69, 9.17) is 9.47 Å². The van der Waals surface area contributed by atoms with Crippen LogP contribution in [-0.2, 0) is 4.74 Å². The first-order valence-electron chi connectivity index (χ1n) is 7.53. The van der Waals surface area contributed by atoms with E-state index in [0.29, 0.717) is 25.6 Å². The van der Waals surface area contributed by atoms with Crippen LogP contribution in [0.3, 0.4) is 0 Å². The molecule has 122 valence electrons. The number of aryl methyl sites for hydroxylation is 2. The molecule has 5 heteroatoms. The predicted molar refractivity (Wildman–Crippen MR) is 90.4 cm³/mol. The van der Waals surface area contributed by atoms with Crippen LogP contribution in [0.5, 0.6) is 5.75 Å². The third-order valence-electron chi connectivity index (χ3n) is 3.54. The second kappa shape index (κ2) is 6.49. The lowest BCUT2D eigenvalue weighted by atomic mass is 10.0. The number of rotatable bonds is 3. The van der Waals surface area contributed by atoms with Crippen molar-refractivity contribution in [1.82, 2.24) is 4.90 Å². The number of benzene rings is 1. The second-order valence-electron chi connectivity index (χ2n) is 6.93. The molecule has 1 saturated heterocycles. The minimum Gasteiger partial charge on any atom is -0.493 e. The van der Waals surface area contributed by atoms with Gasteiger partial charge in [-0.2, -0.15) is 0 Å². The van der Waals surface area contributed by atoms with Crippen LogP contribution < -0.4 is 4.74 Å². The molecule has 0 radical (unpaired) electrons. The summed E-state index contributed by atoms with van der Waals surface area (Å²) >= 11 is 3.52. The highest BCUT2D eigenvalue weighted by Crippen LogP contribution is 2.27. The number of halogens is 1. The van der Waals surface area contributed by atoms with Crippen LogP contribution in [0, 0.1) is 19.8 Å². The molecule has 0 N–H and O–H groups in total. The first kappa shape index (κ1) is 17.1. The summed E-state index contributed by atoms with van der Waals surface area (Å²) < 4.78 is 12.3. The van der Waals surface area contributed by atoms with Crippen molar-refractivity contribution < 1.29 is 14.3 Å². The Bertz CT molecular complexity index is 560. The molecule has 0 bridgehead atoms. The highest BCUT2D eigenvalue weighted by Gasteiger charge is 2.34. The molecule has 1 aliphatic rings. The highest BCUT2D eigenvalue weighted by molar-refractivity contribution is 9.10. The van der Waals surface area contributed by atoms with Gasteiger partial charge in [-0.1, -0.05) is 15.9 Å². The van der Waals surface area contributed by atoms with Gasteiger partial charge in [0, 0.05) is 23.5 Å². The maximum Gasteiger partial charge on any atom is 0.410 e. The lowest BCUT2D eigenvalue weighted by Gasteiger charge is -2.39. The topological polar surface area (TPSA) is 38.8 Å². The minimum absolute atomic E-state index is 0.237. The molecular formula is C17H24BrNO3. The first-order chi connectivity index (χ1) is 10.2. The fraction of sp³-hybridized carbons (Fsp3) is 0.588. The smallest absolute Gasteiger partial charge is 0.410 e. The molecule has 0 aliphatic carbocycles. The van der Waals surface area contributed by atoms with E-state index in [9.17, 15) is 4.79 Å². The van der Waals surface area contributed by atoms with Crippen LogP contribution >= 0.6 is 15.9 Å². The largest absolute Gasteiger partial charge is 0.493 e. The van der Waals surface area contributed by atoms with Crippen molar-refractivity contribution in [1.29, 1.82) is 0 Å². The van der Waals surface area contributed by atoms with Gasteiger partial charge in [0.05, 0.1) is 6.61 Å². The zero-order valence-electron chi connectivity index (χ0n) is 13.9. The average Bonchev–Trinajstić information content (AvgIpc) is 2.31. The third kappa shape index (κ3) is 4.38. The van der Waals surface area contributed by atoms with Crippen LogP contribution in [0.2, 0.25) is 0 Å². The monoisotopic (exact) mass is 369 g/mol. The molecule has 22 heavy (non-hydrogen) atoms. The number of nitrogens with zero attached hydrogens (tertiary/aromatic N) is 1. The molecule has 4 nitrogen and oxygen atoms in total. The van der Waals surface area contributed by atoms with Crippen LogP contribution in [0.1, 0.15) is 31.9 Å². The van der Waals surface area contributed by atoms with Crippen molar-refractivity contribution in [3.8, 4) is 5.75 Å². The molecule has 1 amide bonds. The highest BCUT2D eigenvalue weighted by atomic mass is 79.9. The van der Waals surface area contributed by atoms with Crippen LogP contribution in [-0.4, -0.2) is 36.3 Å². The van der Waals surface area contributed by atoms with E-state index in [1.165, 1.54) is 0 Å². The number of carbonyl (C=O) groups excluding carboxylic acids is 1. The molecule has 0 atom stereocenters. The molecule has 1 aliphatic heterocycles. The summed E-state index contributed by atoms with van der Waals surface area (Å²) in [5.74, 6) is 1.28. The van der Waals surface area contributed by atoms with E-state index in [1.54, 1.807) is 4.90 Å². The average molecular weight is 370 g/mol. The van der Waals surface area contributed by atoms with Gasteiger partial charge in [-0.3, -0.25) is 0 Å². The van der Waals surface area contributed by atoms with Gasteiger partial charge in [-0.15, -0.1) is 0 Å². The predicted octanol–water partition coefficient (Wildman–Crippen LogP) is 4.31. The van der Waals surface area contributed by atoms with E-state index in [-0.39, 0.29) is 6.09 Å². The van der Waals surface area contributed by atoms with E-state index >= 15 is 0 Å². The normalized spacial score (nSPS) is 15.5. The Morgan fingerprint density at radius 1 is 1.27 bits per heavy atom. The summed E-state index contributed by atoms with van der Waals surface area (Å²) in [4.78, 5) is 13.6. The summed E-state index contributed by atoms with van der Waals surface area (Å²) in [6.07, 6.45) is -0.237. The maximum atomic E-state index is 11.9. The van der Waals surface area contributed by atoms with E-state index < -0.39 is 5.60 Å². The van der Waals surface area contributed by atoms with E-state index in [0.717, 1.165) is 21.3 Å². The second-order valence-corrected chi connectivity index (χ2v) is 7.78. The van der Waals surface area contributed by atoms with Crippen molar-refractivity contribution in [2.75, 3.05) is 19.7 Å². The van der Waals surface area contributed by atoms with Crippen molar-refractivity contribution in [2.45, 2.75) is 40.2 Å². The Balaban J connectivity index is 1.79. The molecular weight excluding hydrogens is 346 g/mol. The zero-order chi connectivity index (χ0) is 16.5. The van der Waals surface area contributed by atoms with E-state index in [2.05, 4.69) is 22.0 Å². The molecule has 0 spiro atoms. The Kier molecular flexibility index (Phi) is 5.05. The van der Waals surface area contributed by atoms with E-state index in [1.807, 2.05) is 40.7 Å². The van der Waals surface area contributed by atoms with Crippen molar-refractivity contribution in [2.24, 2.45) is 5.92 Å². The number of likely N-dealkylation sites (tertiary alicyclic amines) is 1. The first-order valence-corrected chi connectivity index (χ1v) is 8.32. The molecule has 1 heterocycles. The Hall–Kier alpha value is -1.23. The number of hydrogen-bond donors (Lipinski definition) is 0. The van der Waals surface area contributed by atoms with Gasteiger partial charge in [0.1, 0.15) is 11.4 Å². The van der Waals surface area contributed by atoms with Crippen molar-refractivity contribution in [3.63, 3.8) is 0 Å². The van der Waals surface area contributed by atoms with Gasteiger partial charge in [0.25, 0.3) is 0 Å². The summed E-state index contributed by atoms with van der Waals surface area (Å²) in [7, 11) is 0.